The Morgan fingerprint density at radius 3 is 2.95 bits per heavy atom. The molecular formula is C12H15N3O3S. The second-order valence-corrected chi connectivity index (χ2v) is 4.71. The van der Waals surface area contributed by atoms with Crippen LogP contribution >= 0.6 is 11.3 Å². The van der Waals surface area contributed by atoms with Crippen molar-refractivity contribution >= 4 is 32.7 Å². The maximum absolute atomic E-state index is 11.3. The Balaban J connectivity index is 2.11. The van der Waals surface area contributed by atoms with Gasteiger partial charge in [-0.1, -0.05) is 18.3 Å². The number of pyridine rings is 1. The van der Waals surface area contributed by atoms with Crippen molar-refractivity contribution in [1.82, 2.24) is 9.97 Å². The number of hydrogen-bond donors (Lipinski definition) is 1. The highest BCUT2D eigenvalue weighted by Gasteiger charge is 2.08. The topological polar surface area (TPSA) is 73.3 Å². The van der Waals surface area contributed by atoms with Crippen molar-refractivity contribution in [1.29, 1.82) is 0 Å². The molecule has 0 aliphatic carbocycles. The molecular weight excluding hydrogens is 266 g/mol. The van der Waals surface area contributed by atoms with Gasteiger partial charge in [-0.15, -0.1) is 0 Å². The molecule has 1 N–H and O–H groups in total. The lowest BCUT2D eigenvalue weighted by Gasteiger charge is -2.03. The molecule has 102 valence electrons. The zero-order valence-electron chi connectivity index (χ0n) is 10.8. The van der Waals surface area contributed by atoms with Crippen LogP contribution in [-0.2, 0) is 9.53 Å². The summed E-state index contributed by atoms with van der Waals surface area (Å²) in [6, 6.07) is 3.58. The Morgan fingerprint density at radius 1 is 1.37 bits per heavy atom. The minimum Gasteiger partial charge on any atom is -0.475 e. The van der Waals surface area contributed by atoms with Gasteiger partial charge in [0.2, 0.25) is 11.8 Å². The Morgan fingerprint density at radius 2 is 2.21 bits per heavy atom. The summed E-state index contributed by atoms with van der Waals surface area (Å²) in [4.78, 5) is 20.6. The van der Waals surface area contributed by atoms with Gasteiger partial charge in [0.25, 0.3) is 0 Å². The lowest BCUT2D eigenvalue weighted by molar-refractivity contribution is -0.115. The molecule has 7 heteroatoms. The van der Waals surface area contributed by atoms with E-state index in [0.717, 1.165) is 10.3 Å². The average Bonchev–Trinajstić information content (AvgIpc) is 2.80. The van der Waals surface area contributed by atoms with Crippen LogP contribution in [0.25, 0.3) is 10.3 Å². The van der Waals surface area contributed by atoms with Gasteiger partial charge in [0.1, 0.15) is 17.0 Å². The fourth-order valence-electron chi connectivity index (χ4n) is 1.37. The van der Waals surface area contributed by atoms with E-state index in [2.05, 4.69) is 15.3 Å². The Kier molecular flexibility index (Phi) is 4.64. The maximum atomic E-state index is 11.3. The van der Waals surface area contributed by atoms with E-state index in [1.807, 2.05) is 6.07 Å². The number of methoxy groups -OCH3 is 1. The number of ether oxygens (including phenoxy) is 2. The molecule has 0 aliphatic rings. The van der Waals surface area contributed by atoms with Gasteiger partial charge >= 0.3 is 0 Å². The van der Waals surface area contributed by atoms with Gasteiger partial charge in [-0.05, 0) is 6.07 Å². The first-order valence-electron chi connectivity index (χ1n) is 5.92. The van der Waals surface area contributed by atoms with E-state index in [-0.39, 0.29) is 5.91 Å². The second-order valence-electron chi connectivity index (χ2n) is 3.74. The summed E-state index contributed by atoms with van der Waals surface area (Å²) in [6.07, 6.45) is 0.425. The lowest BCUT2D eigenvalue weighted by Crippen LogP contribution is -2.08. The van der Waals surface area contributed by atoms with Crippen LogP contribution in [0, 0.1) is 0 Å². The number of thiazole rings is 1. The number of anilines is 1. The highest BCUT2D eigenvalue weighted by molar-refractivity contribution is 7.21. The van der Waals surface area contributed by atoms with E-state index < -0.39 is 0 Å². The number of carbonyl (C=O) groups excluding carboxylic acids is 1. The van der Waals surface area contributed by atoms with Crippen molar-refractivity contribution in [3.8, 4) is 5.88 Å². The van der Waals surface area contributed by atoms with Crippen LogP contribution in [0.2, 0.25) is 0 Å². The van der Waals surface area contributed by atoms with Gasteiger partial charge in [0.05, 0.1) is 6.61 Å². The summed E-state index contributed by atoms with van der Waals surface area (Å²) >= 11 is 1.33. The molecule has 0 fully saturated rings. The largest absolute Gasteiger partial charge is 0.475 e. The van der Waals surface area contributed by atoms with Gasteiger partial charge in [-0.2, -0.15) is 0 Å². The number of carbonyl (C=O) groups is 1. The van der Waals surface area contributed by atoms with Crippen LogP contribution in [0.15, 0.2) is 12.1 Å². The summed E-state index contributed by atoms with van der Waals surface area (Å²) < 4.78 is 10.3. The van der Waals surface area contributed by atoms with Crippen molar-refractivity contribution in [2.24, 2.45) is 0 Å². The molecule has 2 aromatic rings. The average molecular weight is 281 g/mol. The molecule has 0 aliphatic heterocycles. The molecule has 2 rings (SSSR count). The summed E-state index contributed by atoms with van der Waals surface area (Å²) in [5.41, 5.74) is 0.746. The third-order valence-electron chi connectivity index (χ3n) is 2.33. The highest BCUT2D eigenvalue weighted by Crippen LogP contribution is 2.26. The Bertz CT molecular complexity index is 570. The van der Waals surface area contributed by atoms with Crippen molar-refractivity contribution in [3.63, 3.8) is 0 Å². The first-order valence-corrected chi connectivity index (χ1v) is 6.73. The molecule has 2 heterocycles. The summed E-state index contributed by atoms with van der Waals surface area (Å²) in [5.74, 6) is 0.470. The number of nitrogens with zero attached hydrogens (tertiary/aromatic N) is 2. The molecule has 2 aromatic heterocycles. The molecule has 0 unspecified atom stereocenters. The molecule has 6 nitrogen and oxygen atoms in total. The van der Waals surface area contributed by atoms with Crippen molar-refractivity contribution in [3.05, 3.63) is 12.1 Å². The maximum Gasteiger partial charge on any atom is 0.225 e. The molecule has 19 heavy (non-hydrogen) atoms. The predicted octanol–water partition coefficient (Wildman–Crippen LogP) is 2.06. The van der Waals surface area contributed by atoms with Gasteiger partial charge in [-0.25, -0.2) is 9.97 Å². The Hall–Kier alpha value is -1.73. The first-order chi connectivity index (χ1) is 9.22. The van der Waals surface area contributed by atoms with Crippen molar-refractivity contribution in [2.45, 2.75) is 13.3 Å². The van der Waals surface area contributed by atoms with Gasteiger partial charge in [0, 0.05) is 19.6 Å². The fourth-order valence-corrected chi connectivity index (χ4v) is 2.22. The smallest absolute Gasteiger partial charge is 0.225 e. The molecule has 0 saturated carbocycles. The lowest BCUT2D eigenvalue weighted by atomic mass is 10.4. The molecule has 0 saturated heterocycles. The number of rotatable bonds is 6. The number of nitrogens with one attached hydrogen (secondary N) is 1. The van der Waals surface area contributed by atoms with E-state index in [9.17, 15) is 4.79 Å². The van der Waals surface area contributed by atoms with Crippen molar-refractivity contribution < 1.29 is 14.3 Å². The number of aromatic nitrogens is 2. The van der Waals surface area contributed by atoms with Crippen molar-refractivity contribution in [2.75, 3.05) is 25.6 Å². The van der Waals surface area contributed by atoms with E-state index in [0.29, 0.717) is 30.6 Å². The van der Waals surface area contributed by atoms with E-state index in [1.54, 1.807) is 20.1 Å². The molecule has 1 amide bonds. The van der Waals surface area contributed by atoms with E-state index >= 15 is 0 Å². The molecule has 0 aromatic carbocycles. The normalized spacial score (nSPS) is 10.6. The molecule has 0 spiro atoms. The highest BCUT2D eigenvalue weighted by atomic mass is 32.1. The van der Waals surface area contributed by atoms with Crippen LogP contribution in [0.1, 0.15) is 13.3 Å². The minimum absolute atomic E-state index is 0.0596. The quantitative estimate of drug-likeness (QED) is 0.820. The van der Waals surface area contributed by atoms with Crippen LogP contribution in [-0.4, -0.2) is 36.2 Å². The minimum atomic E-state index is -0.0596. The second kappa shape index (κ2) is 6.44. The summed E-state index contributed by atoms with van der Waals surface area (Å²) in [7, 11) is 1.62. The number of fused-ring (bicyclic) bond motifs is 1. The van der Waals surface area contributed by atoms with Gasteiger partial charge in [-0.3, -0.25) is 4.79 Å². The van der Waals surface area contributed by atoms with E-state index in [4.69, 9.17) is 9.47 Å². The standard InChI is InChI=1S/C12H15N3O3S/c1-3-9(16)14-12-13-8-4-5-10(15-11(8)19-12)18-7-6-17-2/h4-5H,3,6-7H2,1-2H3,(H,13,14,16). The third kappa shape index (κ3) is 3.62. The molecule has 0 bridgehead atoms. The Labute approximate surface area is 114 Å². The SMILES string of the molecule is CCC(=O)Nc1nc2ccc(OCCOC)nc2s1. The number of hydrogen-bond acceptors (Lipinski definition) is 6. The van der Waals surface area contributed by atoms with Gasteiger partial charge < -0.3 is 14.8 Å². The first kappa shape index (κ1) is 13.7. The zero-order chi connectivity index (χ0) is 13.7. The monoisotopic (exact) mass is 281 g/mol. The van der Waals surface area contributed by atoms with Crippen LogP contribution < -0.4 is 10.1 Å². The van der Waals surface area contributed by atoms with Crippen LogP contribution in [0.3, 0.4) is 0 Å². The summed E-state index contributed by atoms with van der Waals surface area (Å²) in [6.45, 7) is 2.76. The van der Waals surface area contributed by atoms with Gasteiger partial charge in [0.15, 0.2) is 5.13 Å². The fraction of sp³-hybridized carbons (Fsp3) is 0.417. The number of amides is 1. The third-order valence-corrected chi connectivity index (χ3v) is 3.22. The summed E-state index contributed by atoms with van der Waals surface area (Å²) in [5, 5.41) is 3.28. The predicted molar refractivity (Wildman–Crippen MR) is 73.7 cm³/mol. The van der Waals surface area contributed by atoms with Crippen LogP contribution in [0.5, 0.6) is 5.88 Å². The zero-order valence-corrected chi connectivity index (χ0v) is 11.6. The van der Waals surface area contributed by atoms with E-state index in [1.165, 1.54) is 11.3 Å². The molecule has 0 radical (unpaired) electrons. The molecule has 0 atom stereocenters. The van der Waals surface area contributed by atoms with Crippen LogP contribution in [0.4, 0.5) is 5.13 Å².